The molecule has 0 bridgehead atoms. The molecule has 0 saturated heterocycles. The molecule has 4 aliphatic carbocycles. The minimum atomic E-state index is -1.02. The molecule has 1 N–H and O–H groups in total. The second kappa shape index (κ2) is 8.17. The van der Waals surface area contributed by atoms with Crippen LogP contribution in [0.2, 0.25) is 0 Å². The van der Waals surface area contributed by atoms with Gasteiger partial charge in [0.1, 0.15) is 5.78 Å². The number of aliphatic carboxylic acids is 1. The summed E-state index contributed by atoms with van der Waals surface area (Å²) < 4.78 is 0. The van der Waals surface area contributed by atoms with Crippen LogP contribution in [-0.2, 0) is 14.4 Å². The lowest BCUT2D eigenvalue weighted by molar-refractivity contribution is -0.146. The SMILES string of the molecule is C/C(=C\C(=O)C[C@H](C)[C@@H]1CC[C@]2(C)C3=CC[C@@H]4C(C)(C)C(=O)CC[C@]4(C)[C@@H]3CC[C@@]12C)C(=O)O. The van der Waals surface area contributed by atoms with E-state index in [0.29, 0.717) is 36.4 Å². The molecule has 7 atom stereocenters. The van der Waals surface area contributed by atoms with Crippen molar-refractivity contribution < 1.29 is 19.5 Å². The van der Waals surface area contributed by atoms with Crippen molar-refractivity contribution in [3.05, 3.63) is 23.3 Å². The van der Waals surface area contributed by atoms with E-state index in [1.807, 2.05) is 0 Å². The van der Waals surface area contributed by atoms with Gasteiger partial charge in [-0.3, -0.25) is 9.59 Å². The molecule has 0 unspecified atom stereocenters. The van der Waals surface area contributed by atoms with Gasteiger partial charge in [-0.1, -0.05) is 53.2 Å². The summed E-state index contributed by atoms with van der Waals surface area (Å²) in [4.78, 5) is 36.5. The zero-order chi connectivity index (χ0) is 25.3. The number of ketones is 2. The number of Topliss-reactive ketones (excluding diaryl/α,β-unsaturated/α-hetero) is 1. The largest absolute Gasteiger partial charge is 0.478 e. The van der Waals surface area contributed by atoms with Gasteiger partial charge in [0, 0.05) is 23.8 Å². The summed E-state index contributed by atoms with van der Waals surface area (Å²) >= 11 is 0. The van der Waals surface area contributed by atoms with Crippen LogP contribution >= 0.6 is 0 Å². The molecule has 0 amide bonds. The van der Waals surface area contributed by atoms with Crippen molar-refractivity contribution in [1.29, 1.82) is 0 Å². The number of carboxylic acids is 1. The summed E-state index contributed by atoms with van der Waals surface area (Å²) in [6, 6.07) is 0. The first-order chi connectivity index (χ1) is 15.7. The minimum Gasteiger partial charge on any atom is -0.478 e. The first kappa shape index (κ1) is 25.4. The molecule has 34 heavy (non-hydrogen) atoms. The first-order valence-electron chi connectivity index (χ1n) is 13.4. The van der Waals surface area contributed by atoms with Crippen LogP contribution in [0.1, 0.15) is 99.8 Å². The van der Waals surface area contributed by atoms with E-state index in [-0.39, 0.29) is 38.9 Å². The molecule has 4 heteroatoms. The third-order valence-corrected chi connectivity index (χ3v) is 11.6. The minimum absolute atomic E-state index is 0.0698. The van der Waals surface area contributed by atoms with Crippen molar-refractivity contribution in [2.45, 2.75) is 99.8 Å². The Kier molecular flexibility index (Phi) is 6.10. The number of rotatable bonds is 5. The Morgan fingerprint density at radius 3 is 2.44 bits per heavy atom. The summed E-state index contributed by atoms with van der Waals surface area (Å²) in [6.45, 7) is 15.5. The van der Waals surface area contributed by atoms with E-state index in [4.69, 9.17) is 5.11 Å². The molecule has 0 aromatic carbocycles. The third kappa shape index (κ3) is 3.49. The van der Waals surface area contributed by atoms with Crippen LogP contribution in [0, 0.1) is 45.3 Å². The Labute approximate surface area is 205 Å². The zero-order valence-electron chi connectivity index (χ0n) is 22.3. The van der Waals surface area contributed by atoms with Crippen LogP contribution in [0.5, 0.6) is 0 Å². The molecule has 0 aromatic heterocycles. The Morgan fingerprint density at radius 2 is 1.79 bits per heavy atom. The van der Waals surface area contributed by atoms with Crippen molar-refractivity contribution in [3.63, 3.8) is 0 Å². The fourth-order valence-corrected chi connectivity index (χ4v) is 9.29. The number of carboxylic acid groups (broad SMARTS) is 1. The predicted octanol–water partition coefficient (Wildman–Crippen LogP) is 6.79. The molecule has 0 aliphatic heterocycles. The van der Waals surface area contributed by atoms with Gasteiger partial charge in [0.15, 0.2) is 5.78 Å². The van der Waals surface area contributed by atoms with Gasteiger partial charge in [-0.25, -0.2) is 4.79 Å². The quantitative estimate of drug-likeness (QED) is 0.356. The van der Waals surface area contributed by atoms with Crippen LogP contribution in [0.3, 0.4) is 0 Å². The van der Waals surface area contributed by atoms with Gasteiger partial charge in [0.2, 0.25) is 0 Å². The summed E-state index contributed by atoms with van der Waals surface area (Å²) in [5.41, 5.74) is 1.97. The smallest absolute Gasteiger partial charge is 0.331 e. The van der Waals surface area contributed by atoms with Gasteiger partial charge in [-0.2, -0.15) is 0 Å². The van der Waals surface area contributed by atoms with Crippen LogP contribution in [0.15, 0.2) is 23.3 Å². The second-order valence-corrected chi connectivity index (χ2v) is 13.4. The molecule has 3 fully saturated rings. The average Bonchev–Trinajstić information content (AvgIpc) is 3.02. The summed E-state index contributed by atoms with van der Waals surface area (Å²) in [7, 11) is 0. The maximum atomic E-state index is 12.8. The highest BCUT2D eigenvalue weighted by molar-refractivity contribution is 5.98. The van der Waals surface area contributed by atoms with E-state index < -0.39 is 5.97 Å². The second-order valence-electron chi connectivity index (χ2n) is 13.4. The molecule has 0 spiro atoms. The monoisotopic (exact) mass is 468 g/mol. The number of hydrogen-bond donors (Lipinski definition) is 1. The van der Waals surface area contributed by atoms with Crippen LogP contribution in [0.4, 0.5) is 0 Å². The van der Waals surface area contributed by atoms with E-state index in [0.717, 1.165) is 32.1 Å². The Bertz CT molecular complexity index is 970. The molecular formula is C30H44O4. The lowest BCUT2D eigenvalue weighted by Gasteiger charge is -2.63. The van der Waals surface area contributed by atoms with Crippen molar-refractivity contribution in [2.75, 3.05) is 0 Å². The lowest BCUT2D eigenvalue weighted by Crippen LogP contribution is -2.57. The van der Waals surface area contributed by atoms with E-state index in [2.05, 4.69) is 47.6 Å². The van der Waals surface area contributed by atoms with E-state index in [9.17, 15) is 14.4 Å². The number of allylic oxidation sites excluding steroid dienone is 3. The van der Waals surface area contributed by atoms with Crippen LogP contribution in [0.25, 0.3) is 0 Å². The van der Waals surface area contributed by atoms with Gasteiger partial charge in [-0.05, 0) is 91.4 Å². The summed E-state index contributed by atoms with van der Waals surface area (Å²) in [6.07, 6.45) is 11.6. The zero-order valence-corrected chi connectivity index (χ0v) is 22.3. The van der Waals surface area contributed by atoms with Gasteiger partial charge in [0.05, 0.1) is 0 Å². The number of hydrogen-bond acceptors (Lipinski definition) is 3. The number of carbonyl (C=O) groups excluding carboxylic acids is 2. The highest BCUT2D eigenvalue weighted by atomic mass is 16.4. The Morgan fingerprint density at radius 1 is 1.12 bits per heavy atom. The summed E-state index contributed by atoms with van der Waals surface area (Å²) in [5.74, 6) is 0.993. The van der Waals surface area contributed by atoms with E-state index in [1.165, 1.54) is 19.4 Å². The van der Waals surface area contributed by atoms with Crippen LogP contribution in [-0.4, -0.2) is 22.6 Å². The fraction of sp³-hybridized carbons (Fsp3) is 0.767. The fourth-order valence-electron chi connectivity index (χ4n) is 9.29. The van der Waals surface area contributed by atoms with E-state index >= 15 is 0 Å². The normalized spacial score (nSPS) is 42.2. The standard InChI is InChI=1S/C30H44O4/c1-18(16-20(31)17-19(2)26(33)34)21-10-14-30(7)23-8-9-24-27(3,4)25(32)12-13-28(24,5)22(23)11-15-29(21,30)6/h8,17-18,21-22,24H,9-16H2,1-7H3,(H,33,34)/b19-17+/t18-,21-,22+,24+,28+,29-,30+/m0/s1. The van der Waals surface area contributed by atoms with Crippen molar-refractivity contribution in [3.8, 4) is 0 Å². The predicted molar refractivity (Wildman–Crippen MR) is 134 cm³/mol. The number of carbonyl (C=O) groups is 3. The molecule has 0 heterocycles. The maximum Gasteiger partial charge on any atom is 0.331 e. The maximum absolute atomic E-state index is 12.8. The van der Waals surface area contributed by atoms with Gasteiger partial charge >= 0.3 is 5.97 Å². The first-order valence-corrected chi connectivity index (χ1v) is 13.4. The third-order valence-electron chi connectivity index (χ3n) is 11.6. The highest BCUT2D eigenvalue weighted by Gasteiger charge is 2.65. The van der Waals surface area contributed by atoms with E-state index in [1.54, 1.807) is 5.57 Å². The van der Waals surface area contributed by atoms with Gasteiger partial charge in [0.25, 0.3) is 0 Å². The summed E-state index contributed by atoms with van der Waals surface area (Å²) in [5, 5.41) is 9.12. The Hall–Kier alpha value is -1.71. The van der Waals surface area contributed by atoms with Crippen LogP contribution < -0.4 is 0 Å². The molecule has 0 aromatic rings. The number of fused-ring (bicyclic) bond motifs is 5. The lowest BCUT2D eigenvalue weighted by atomic mass is 9.41. The van der Waals surface area contributed by atoms with Gasteiger partial charge < -0.3 is 5.11 Å². The van der Waals surface area contributed by atoms with Crippen molar-refractivity contribution in [2.24, 2.45) is 45.3 Å². The average molecular weight is 469 g/mol. The molecule has 0 radical (unpaired) electrons. The molecule has 4 nitrogen and oxygen atoms in total. The highest BCUT2D eigenvalue weighted by Crippen LogP contribution is 2.73. The Balaban J connectivity index is 1.61. The molecular weight excluding hydrogens is 424 g/mol. The molecule has 4 rings (SSSR count). The molecule has 3 saturated carbocycles. The van der Waals surface area contributed by atoms with Crippen molar-refractivity contribution >= 4 is 17.5 Å². The molecule has 4 aliphatic rings. The van der Waals surface area contributed by atoms with Crippen molar-refractivity contribution in [1.82, 2.24) is 0 Å². The van der Waals surface area contributed by atoms with Gasteiger partial charge in [-0.15, -0.1) is 0 Å². The topological polar surface area (TPSA) is 71.4 Å². The molecule has 188 valence electrons.